The predicted molar refractivity (Wildman–Crippen MR) is 112 cm³/mol. The Bertz CT molecular complexity index is 1170. The van der Waals surface area contributed by atoms with Crippen LogP contribution in [0.5, 0.6) is 0 Å². The van der Waals surface area contributed by atoms with Gasteiger partial charge < -0.3 is 5.73 Å². The van der Waals surface area contributed by atoms with Gasteiger partial charge in [0.25, 0.3) is 0 Å². The van der Waals surface area contributed by atoms with Crippen LogP contribution in [0.1, 0.15) is 21.5 Å². The molecule has 4 nitrogen and oxygen atoms in total. The number of amides is 1. The number of hydrogen-bond acceptors (Lipinski definition) is 4. The van der Waals surface area contributed by atoms with Crippen molar-refractivity contribution in [2.75, 3.05) is 0 Å². The van der Waals surface area contributed by atoms with Crippen molar-refractivity contribution in [2.45, 2.75) is 0 Å². The summed E-state index contributed by atoms with van der Waals surface area (Å²) in [5, 5.41) is 1.98. The van der Waals surface area contributed by atoms with Crippen molar-refractivity contribution < 1.29 is 4.79 Å². The van der Waals surface area contributed by atoms with Crippen molar-refractivity contribution in [2.24, 2.45) is 5.73 Å². The number of benzene rings is 1. The lowest BCUT2D eigenvalue weighted by Gasteiger charge is -2.07. The summed E-state index contributed by atoms with van der Waals surface area (Å²) in [7, 11) is 0. The standard InChI is InChI=1S/C23H15N3OS/c24-23(27)19-13-20(26-21(14-19)22-4-2-12-28-22)18-9-7-16(8-10-18)5-6-17-3-1-11-25-15-17/h1-4,7-15H,(H2,24,27). The average molecular weight is 381 g/mol. The van der Waals surface area contributed by atoms with Gasteiger partial charge in [-0.15, -0.1) is 11.3 Å². The van der Waals surface area contributed by atoms with E-state index in [1.54, 1.807) is 35.9 Å². The maximum absolute atomic E-state index is 11.8. The smallest absolute Gasteiger partial charge is 0.248 e. The molecule has 5 heteroatoms. The highest BCUT2D eigenvalue weighted by Crippen LogP contribution is 2.27. The molecule has 4 rings (SSSR count). The summed E-state index contributed by atoms with van der Waals surface area (Å²) in [4.78, 5) is 21.5. The van der Waals surface area contributed by atoms with E-state index < -0.39 is 5.91 Å². The first kappa shape index (κ1) is 17.7. The van der Waals surface area contributed by atoms with Crippen molar-refractivity contribution in [1.29, 1.82) is 0 Å². The number of carbonyl (C=O) groups excluding carboxylic acids is 1. The zero-order valence-electron chi connectivity index (χ0n) is 14.8. The van der Waals surface area contributed by atoms with Crippen LogP contribution in [0.15, 0.2) is 78.4 Å². The molecule has 1 aromatic carbocycles. The molecule has 0 bridgehead atoms. The largest absolute Gasteiger partial charge is 0.366 e. The van der Waals surface area contributed by atoms with Crippen LogP contribution in [-0.4, -0.2) is 15.9 Å². The van der Waals surface area contributed by atoms with Gasteiger partial charge in [-0.25, -0.2) is 4.98 Å². The number of primary amides is 1. The Morgan fingerprint density at radius 1 is 0.929 bits per heavy atom. The van der Waals surface area contributed by atoms with Gasteiger partial charge in [0.15, 0.2) is 0 Å². The lowest BCUT2D eigenvalue weighted by atomic mass is 10.1. The number of pyridine rings is 2. The molecule has 0 saturated heterocycles. The van der Waals surface area contributed by atoms with Crippen molar-refractivity contribution in [3.8, 4) is 33.7 Å². The Labute approximate surface area is 166 Å². The van der Waals surface area contributed by atoms with Crippen LogP contribution in [0, 0.1) is 11.8 Å². The van der Waals surface area contributed by atoms with Gasteiger partial charge in [-0.05, 0) is 47.8 Å². The topological polar surface area (TPSA) is 68.9 Å². The summed E-state index contributed by atoms with van der Waals surface area (Å²) in [5.41, 5.74) is 10.0. The Morgan fingerprint density at radius 2 is 1.71 bits per heavy atom. The van der Waals surface area contributed by atoms with E-state index in [2.05, 4.69) is 16.8 Å². The number of thiophene rings is 1. The zero-order chi connectivity index (χ0) is 19.3. The van der Waals surface area contributed by atoms with Gasteiger partial charge in [0, 0.05) is 34.6 Å². The molecule has 0 atom stereocenters. The van der Waals surface area contributed by atoms with Crippen molar-refractivity contribution in [3.05, 3.63) is 95.1 Å². The van der Waals surface area contributed by atoms with Crippen LogP contribution in [0.25, 0.3) is 21.8 Å². The molecule has 2 N–H and O–H groups in total. The van der Waals surface area contributed by atoms with Gasteiger partial charge in [0.1, 0.15) is 0 Å². The van der Waals surface area contributed by atoms with Gasteiger partial charge in [-0.2, -0.15) is 0 Å². The monoisotopic (exact) mass is 381 g/mol. The quantitative estimate of drug-likeness (QED) is 0.536. The van der Waals surface area contributed by atoms with Crippen molar-refractivity contribution >= 4 is 17.2 Å². The number of nitrogens with zero attached hydrogens (tertiary/aromatic N) is 2. The third kappa shape index (κ3) is 3.98. The summed E-state index contributed by atoms with van der Waals surface area (Å²) in [6, 6.07) is 18.9. The Kier molecular flexibility index (Phi) is 4.96. The van der Waals surface area contributed by atoms with E-state index in [1.807, 2.05) is 53.9 Å². The van der Waals surface area contributed by atoms with Crippen LogP contribution in [0.4, 0.5) is 0 Å². The number of carbonyl (C=O) groups is 1. The van der Waals surface area contributed by atoms with Gasteiger partial charge in [-0.1, -0.05) is 30.0 Å². The summed E-state index contributed by atoms with van der Waals surface area (Å²) in [5.74, 6) is 5.73. The third-order valence-corrected chi connectivity index (χ3v) is 4.97. The Balaban J connectivity index is 1.67. The number of hydrogen-bond donors (Lipinski definition) is 1. The number of aromatic nitrogens is 2. The van der Waals surface area contributed by atoms with Crippen LogP contribution in [-0.2, 0) is 0 Å². The molecule has 28 heavy (non-hydrogen) atoms. The van der Waals surface area contributed by atoms with E-state index in [1.165, 1.54) is 0 Å². The molecule has 4 aromatic rings. The minimum Gasteiger partial charge on any atom is -0.366 e. The molecule has 0 radical (unpaired) electrons. The summed E-state index contributed by atoms with van der Waals surface area (Å²) >= 11 is 1.57. The SMILES string of the molecule is NC(=O)c1cc(-c2ccc(C#Cc3cccnc3)cc2)nc(-c2cccs2)c1. The first-order chi connectivity index (χ1) is 13.7. The maximum atomic E-state index is 11.8. The molecule has 0 saturated carbocycles. The molecule has 134 valence electrons. The van der Waals surface area contributed by atoms with Crippen LogP contribution in [0.3, 0.4) is 0 Å². The lowest BCUT2D eigenvalue weighted by molar-refractivity contribution is 0.100. The van der Waals surface area contributed by atoms with Crippen LogP contribution in [0.2, 0.25) is 0 Å². The van der Waals surface area contributed by atoms with E-state index in [0.717, 1.165) is 27.3 Å². The summed E-state index contributed by atoms with van der Waals surface area (Å²) < 4.78 is 0. The first-order valence-corrected chi connectivity index (χ1v) is 9.45. The van der Waals surface area contributed by atoms with E-state index in [0.29, 0.717) is 11.3 Å². The highest BCUT2D eigenvalue weighted by atomic mass is 32.1. The van der Waals surface area contributed by atoms with Gasteiger partial charge >= 0.3 is 0 Å². The lowest BCUT2D eigenvalue weighted by Crippen LogP contribution is -2.11. The fraction of sp³-hybridized carbons (Fsp3) is 0. The highest BCUT2D eigenvalue weighted by Gasteiger charge is 2.11. The van der Waals surface area contributed by atoms with Crippen molar-refractivity contribution in [1.82, 2.24) is 9.97 Å². The third-order valence-electron chi connectivity index (χ3n) is 4.08. The molecule has 1 amide bonds. The maximum Gasteiger partial charge on any atom is 0.248 e. The van der Waals surface area contributed by atoms with E-state index >= 15 is 0 Å². The van der Waals surface area contributed by atoms with E-state index in [-0.39, 0.29) is 0 Å². The summed E-state index contributed by atoms with van der Waals surface area (Å²) in [6.07, 6.45) is 3.45. The number of nitrogens with two attached hydrogens (primary N) is 1. The number of rotatable bonds is 3. The van der Waals surface area contributed by atoms with E-state index in [4.69, 9.17) is 10.7 Å². The second-order valence-electron chi connectivity index (χ2n) is 6.04. The van der Waals surface area contributed by atoms with Crippen LogP contribution < -0.4 is 5.73 Å². The second-order valence-corrected chi connectivity index (χ2v) is 6.98. The van der Waals surface area contributed by atoms with E-state index in [9.17, 15) is 4.79 Å². The summed E-state index contributed by atoms with van der Waals surface area (Å²) in [6.45, 7) is 0. The molecular weight excluding hydrogens is 366 g/mol. The Morgan fingerprint density at radius 3 is 2.39 bits per heavy atom. The van der Waals surface area contributed by atoms with Gasteiger partial charge in [0.05, 0.1) is 16.3 Å². The van der Waals surface area contributed by atoms with Crippen molar-refractivity contribution in [3.63, 3.8) is 0 Å². The van der Waals surface area contributed by atoms with Gasteiger partial charge in [0.2, 0.25) is 5.91 Å². The second kappa shape index (κ2) is 7.87. The minimum absolute atomic E-state index is 0.439. The predicted octanol–water partition coefficient (Wildman–Crippen LogP) is 4.37. The Hall–Kier alpha value is -3.75. The van der Waals surface area contributed by atoms with Crippen LogP contribution >= 0.6 is 11.3 Å². The first-order valence-electron chi connectivity index (χ1n) is 8.57. The molecule has 0 fully saturated rings. The molecule has 0 unspecified atom stereocenters. The fourth-order valence-corrected chi connectivity index (χ4v) is 3.36. The molecule has 0 aliphatic rings. The normalized spacial score (nSPS) is 10.1. The molecule has 3 aromatic heterocycles. The molecule has 3 heterocycles. The highest BCUT2D eigenvalue weighted by molar-refractivity contribution is 7.13. The molecular formula is C23H15N3OS. The zero-order valence-corrected chi connectivity index (χ0v) is 15.6. The van der Waals surface area contributed by atoms with Gasteiger partial charge in [-0.3, -0.25) is 9.78 Å². The average Bonchev–Trinajstić information content (AvgIpc) is 3.28. The molecule has 0 aliphatic carbocycles. The molecule has 0 aliphatic heterocycles. The molecule has 0 spiro atoms. The minimum atomic E-state index is -0.472. The fourth-order valence-electron chi connectivity index (χ4n) is 2.68.